The smallest absolute Gasteiger partial charge is 0.416 e. The molecular weight excluding hydrogens is 719 g/mol. The number of aliphatic hydroxyl groups is 1. The summed E-state index contributed by atoms with van der Waals surface area (Å²) in [5, 5.41) is 23.1. The summed E-state index contributed by atoms with van der Waals surface area (Å²) < 4.78 is 41.3. The highest BCUT2D eigenvalue weighted by Crippen LogP contribution is 2.35. The van der Waals surface area contributed by atoms with Crippen LogP contribution in [0.4, 0.5) is 30.4 Å². The molecule has 282 valence electrons. The summed E-state index contributed by atoms with van der Waals surface area (Å²) in [6.45, 7) is 5.50. The number of likely N-dealkylation sites (N-methyl/N-ethyl adjacent to an activating group) is 1. The van der Waals surface area contributed by atoms with Crippen LogP contribution in [-0.4, -0.2) is 96.3 Å². The van der Waals surface area contributed by atoms with Gasteiger partial charge in [0, 0.05) is 38.4 Å². The minimum atomic E-state index is -4.62. The molecule has 18 heteroatoms. The predicted octanol–water partition coefficient (Wildman–Crippen LogP) is 4.17. The van der Waals surface area contributed by atoms with Crippen molar-refractivity contribution in [1.29, 1.82) is 0 Å². The van der Waals surface area contributed by atoms with E-state index >= 15 is 0 Å². The molecule has 1 aliphatic carbocycles. The lowest BCUT2D eigenvalue weighted by Crippen LogP contribution is -2.56. The third-order valence-electron chi connectivity index (χ3n) is 10.0. The number of aromatic hydroxyl groups is 1. The molecule has 1 saturated carbocycles. The number of hydrogen-bond acceptors (Lipinski definition) is 11. The van der Waals surface area contributed by atoms with Gasteiger partial charge < -0.3 is 34.8 Å². The van der Waals surface area contributed by atoms with Crippen LogP contribution in [0.3, 0.4) is 0 Å². The van der Waals surface area contributed by atoms with Gasteiger partial charge in [-0.05, 0) is 50.8 Å². The van der Waals surface area contributed by atoms with Crippen LogP contribution in [-0.2, 0) is 23.9 Å². The Morgan fingerprint density at radius 2 is 1.89 bits per heavy atom. The maximum atomic E-state index is 14.6. The molecule has 3 N–H and O–H groups in total. The molecule has 2 fully saturated rings. The van der Waals surface area contributed by atoms with E-state index in [9.17, 15) is 37.8 Å². The number of halogens is 4. The second kappa shape index (κ2) is 14.8. The Balaban J connectivity index is 1.41. The van der Waals surface area contributed by atoms with E-state index in [1.165, 1.54) is 12.5 Å². The molecular formula is C35H39ClF3N9O5. The summed E-state index contributed by atoms with van der Waals surface area (Å²) in [6, 6.07) is 2.03. The number of aromatic nitrogens is 5. The highest BCUT2D eigenvalue weighted by atomic mass is 35.5. The van der Waals surface area contributed by atoms with Gasteiger partial charge in [-0.1, -0.05) is 25.4 Å². The number of hydrogen-bond donors (Lipinski definition) is 3. The van der Waals surface area contributed by atoms with E-state index in [1.807, 2.05) is 18.7 Å². The summed E-state index contributed by atoms with van der Waals surface area (Å²) >= 11 is 6.14. The van der Waals surface area contributed by atoms with Gasteiger partial charge in [0.05, 0.1) is 40.3 Å². The van der Waals surface area contributed by atoms with Crippen molar-refractivity contribution in [3.63, 3.8) is 0 Å². The standard InChI is InChI=1S/C35H39ClF3N9O5/c1-5-20-15-46(34(53)29-31(51)18(3)41-17-42-29)11-12-47(20)30-23(6-2)48(16-27(50)43-22-8-7-19(13-21(22)36)35(37,38)39)33-28(32(30)52)44-26(14-40-33)45(4)24-9-10-25(24)49/h7-8,13-14,17,20,24-25,49,51H,5-6,9-12,15-16H2,1-4H3,(H,43,50). The van der Waals surface area contributed by atoms with E-state index in [-0.39, 0.29) is 82.8 Å². The van der Waals surface area contributed by atoms with E-state index in [4.69, 9.17) is 16.6 Å². The number of anilines is 3. The number of pyridine rings is 1. The summed E-state index contributed by atoms with van der Waals surface area (Å²) in [5.74, 6) is -1.07. The first-order valence-corrected chi connectivity index (χ1v) is 17.6. The fourth-order valence-corrected chi connectivity index (χ4v) is 7.11. The quantitative estimate of drug-likeness (QED) is 0.224. The Bertz CT molecular complexity index is 2130. The monoisotopic (exact) mass is 757 g/mol. The Morgan fingerprint density at radius 1 is 1.13 bits per heavy atom. The van der Waals surface area contributed by atoms with Crippen molar-refractivity contribution in [2.24, 2.45) is 0 Å². The molecule has 1 aliphatic heterocycles. The minimum Gasteiger partial charge on any atom is -0.504 e. The van der Waals surface area contributed by atoms with Gasteiger partial charge in [-0.15, -0.1) is 0 Å². The molecule has 0 spiro atoms. The van der Waals surface area contributed by atoms with E-state index < -0.39 is 41.6 Å². The van der Waals surface area contributed by atoms with Gasteiger partial charge in [-0.3, -0.25) is 14.4 Å². The molecule has 4 aromatic rings. The second-order valence-corrected chi connectivity index (χ2v) is 13.6. The van der Waals surface area contributed by atoms with Crippen molar-refractivity contribution < 1.29 is 33.0 Å². The van der Waals surface area contributed by atoms with Crippen LogP contribution in [0.25, 0.3) is 11.2 Å². The van der Waals surface area contributed by atoms with Gasteiger partial charge in [0.25, 0.3) is 5.91 Å². The van der Waals surface area contributed by atoms with E-state index in [1.54, 1.807) is 28.3 Å². The van der Waals surface area contributed by atoms with Crippen LogP contribution in [0.15, 0.2) is 35.5 Å². The van der Waals surface area contributed by atoms with Crippen molar-refractivity contribution in [3.8, 4) is 5.75 Å². The Morgan fingerprint density at radius 3 is 2.51 bits per heavy atom. The fourth-order valence-electron chi connectivity index (χ4n) is 6.89. The van der Waals surface area contributed by atoms with Crippen LogP contribution in [0.2, 0.25) is 5.02 Å². The van der Waals surface area contributed by atoms with E-state index in [0.717, 1.165) is 24.6 Å². The largest absolute Gasteiger partial charge is 0.504 e. The molecule has 0 radical (unpaired) electrons. The van der Waals surface area contributed by atoms with Gasteiger partial charge in [0.15, 0.2) is 22.6 Å². The zero-order valence-electron chi connectivity index (χ0n) is 29.5. The number of carbonyl (C=O) groups excluding carboxylic acids is 2. The number of amides is 2. The first-order valence-electron chi connectivity index (χ1n) is 17.2. The molecule has 3 unspecified atom stereocenters. The fraction of sp³-hybridized carbons (Fsp3) is 0.457. The van der Waals surface area contributed by atoms with Gasteiger partial charge in [-0.25, -0.2) is 19.9 Å². The number of nitrogens with one attached hydrogen (secondary N) is 1. The van der Waals surface area contributed by atoms with Crippen LogP contribution in [0, 0.1) is 6.92 Å². The number of rotatable bonds is 9. The average molecular weight is 758 g/mol. The Labute approximate surface area is 307 Å². The molecule has 2 amide bonds. The Hall–Kier alpha value is -5.03. The lowest BCUT2D eigenvalue weighted by Gasteiger charge is -2.43. The first-order chi connectivity index (χ1) is 25.1. The van der Waals surface area contributed by atoms with Gasteiger partial charge in [-0.2, -0.15) is 13.2 Å². The molecule has 6 rings (SSSR count). The zero-order valence-corrected chi connectivity index (χ0v) is 30.2. The van der Waals surface area contributed by atoms with Gasteiger partial charge in [0.2, 0.25) is 11.3 Å². The molecule has 53 heavy (non-hydrogen) atoms. The third-order valence-corrected chi connectivity index (χ3v) is 10.3. The van der Waals surface area contributed by atoms with Crippen molar-refractivity contribution in [2.75, 3.05) is 41.8 Å². The maximum absolute atomic E-state index is 14.6. The van der Waals surface area contributed by atoms with Gasteiger partial charge >= 0.3 is 6.18 Å². The van der Waals surface area contributed by atoms with E-state index in [2.05, 4.69) is 20.3 Å². The number of benzene rings is 1. The molecule has 4 heterocycles. The molecule has 2 aliphatic rings. The molecule has 0 bridgehead atoms. The zero-order chi connectivity index (χ0) is 38.4. The second-order valence-electron chi connectivity index (χ2n) is 13.2. The third kappa shape index (κ3) is 7.19. The number of aryl methyl sites for hydroxylation is 1. The lowest BCUT2D eigenvalue weighted by molar-refractivity contribution is -0.137. The van der Waals surface area contributed by atoms with Crippen LogP contribution in [0.1, 0.15) is 60.5 Å². The first kappa shape index (κ1) is 37.7. The van der Waals surface area contributed by atoms with Crippen molar-refractivity contribution in [3.05, 3.63) is 68.6 Å². The molecule has 1 saturated heterocycles. The van der Waals surface area contributed by atoms with Crippen molar-refractivity contribution >= 4 is 51.8 Å². The molecule has 3 aromatic heterocycles. The molecule has 1 aromatic carbocycles. The summed E-state index contributed by atoms with van der Waals surface area (Å²) in [4.78, 5) is 64.2. The summed E-state index contributed by atoms with van der Waals surface area (Å²) in [6.07, 6.45) is -0.365. The van der Waals surface area contributed by atoms with Crippen LogP contribution >= 0.6 is 11.6 Å². The number of carbonyl (C=O) groups is 2. The lowest BCUT2D eigenvalue weighted by atomic mass is 9.88. The topological polar surface area (TPSA) is 170 Å². The number of alkyl halides is 3. The number of nitrogens with zero attached hydrogens (tertiary/aromatic N) is 8. The maximum Gasteiger partial charge on any atom is 0.416 e. The van der Waals surface area contributed by atoms with Crippen LogP contribution in [0.5, 0.6) is 5.75 Å². The normalized spacial score (nSPS) is 18.9. The van der Waals surface area contributed by atoms with Crippen molar-refractivity contribution in [2.45, 2.75) is 77.4 Å². The average Bonchev–Trinajstić information content (AvgIpc) is 3.12. The number of fused-ring (bicyclic) bond motifs is 1. The summed E-state index contributed by atoms with van der Waals surface area (Å²) in [7, 11) is 1.75. The number of piperazine rings is 1. The van der Waals surface area contributed by atoms with Crippen LogP contribution < -0.4 is 20.5 Å². The van der Waals surface area contributed by atoms with Crippen molar-refractivity contribution in [1.82, 2.24) is 29.4 Å². The van der Waals surface area contributed by atoms with Gasteiger partial charge in [0.1, 0.15) is 24.4 Å². The SMILES string of the molecule is CCc1c(N2CCN(C(=O)c3ncnc(C)c3O)CC2CC)c(=O)c2nc(N(C)C3CCC3O)cnc2n1CC(=O)Nc1ccc(C(F)(F)F)cc1Cl. The molecule has 3 atom stereocenters. The highest BCUT2D eigenvalue weighted by molar-refractivity contribution is 6.33. The molecule has 14 nitrogen and oxygen atoms in total. The van der Waals surface area contributed by atoms with E-state index in [0.29, 0.717) is 24.4 Å². The summed E-state index contributed by atoms with van der Waals surface area (Å²) in [5.41, 5.74) is -0.450. The minimum absolute atomic E-state index is 0.0227. The highest BCUT2D eigenvalue weighted by Gasteiger charge is 2.36. The number of aliphatic hydroxyl groups excluding tert-OH is 1. The Kier molecular flexibility index (Phi) is 10.5. The predicted molar refractivity (Wildman–Crippen MR) is 191 cm³/mol.